The Morgan fingerprint density at radius 3 is 2.14 bits per heavy atom. The van der Waals surface area contributed by atoms with E-state index in [1.807, 2.05) is 12.1 Å². The first-order chi connectivity index (χ1) is 13.7. The lowest BCUT2D eigenvalue weighted by molar-refractivity contribution is 0.223. The standard InChI is InChI=1S/C25H17NO2/c27-21-6-2-5-20-24(21)19(13-26-20)25(28)18-12-10-16-8-7-14-3-1-4-15-9-11-17(18)23(16)22(14)15/h1-13,25-28H. The lowest BCUT2D eigenvalue weighted by Crippen LogP contribution is -2.00. The fourth-order valence-corrected chi connectivity index (χ4v) is 4.57. The number of phenols is 1. The van der Waals surface area contributed by atoms with Crippen molar-refractivity contribution in [2.45, 2.75) is 6.10 Å². The Morgan fingerprint density at radius 1 is 0.643 bits per heavy atom. The van der Waals surface area contributed by atoms with Crippen LogP contribution in [0.15, 0.2) is 79.0 Å². The fraction of sp³-hybridized carbons (Fsp3) is 0.0400. The monoisotopic (exact) mass is 363 g/mol. The van der Waals surface area contributed by atoms with Crippen LogP contribution in [0.1, 0.15) is 17.2 Å². The smallest absolute Gasteiger partial charge is 0.125 e. The highest BCUT2D eigenvalue weighted by Gasteiger charge is 2.21. The molecule has 1 atom stereocenters. The summed E-state index contributed by atoms with van der Waals surface area (Å²) in [5.41, 5.74) is 2.34. The van der Waals surface area contributed by atoms with Gasteiger partial charge in [0.1, 0.15) is 11.9 Å². The quantitative estimate of drug-likeness (QED) is 0.338. The molecule has 134 valence electrons. The van der Waals surface area contributed by atoms with Crippen LogP contribution in [-0.2, 0) is 0 Å². The van der Waals surface area contributed by atoms with E-state index in [-0.39, 0.29) is 5.75 Å². The molecule has 5 aromatic carbocycles. The minimum atomic E-state index is -0.841. The molecule has 28 heavy (non-hydrogen) atoms. The number of aromatic nitrogens is 1. The van der Waals surface area contributed by atoms with Crippen molar-refractivity contribution in [3.05, 3.63) is 90.1 Å². The first kappa shape index (κ1) is 15.5. The van der Waals surface area contributed by atoms with Crippen LogP contribution in [0, 0.1) is 0 Å². The molecule has 6 rings (SSSR count). The maximum Gasteiger partial charge on any atom is 0.125 e. The number of benzene rings is 5. The van der Waals surface area contributed by atoms with Crippen molar-refractivity contribution < 1.29 is 10.2 Å². The van der Waals surface area contributed by atoms with Crippen LogP contribution < -0.4 is 0 Å². The van der Waals surface area contributed by atoms with Gasteiger partial charge >= 0.3 is 0 Å². The maximum atomic E-state index is 11.3. The molecule has 0 bridgehead atoms. The van der Waals surface area contributed by atoms with Crippen molar-refractivity contribution in [2.75, 3.05) is 0 Å². The molecule has 3 N–H and O–H groups in total. The Bertz CT molecular complexity index is 1480. The third-order valence-corrected chi connectivity index (χ3v) is 5.87. The Kier molecular flexibility index (Phi) is 3.03. The SMILES string of the molecule is Oc1cccc2[nH]cc(C(O)c3ccc4ccc5cccc6ccc3c4c56)c12. The zero-order chi connectivity index (χ0) is 18.8. The predicted molar refractivity (Wildman–Crippen MR) is 114 cm³/mol. The van der Waals surface area contributed by atoms with Gasteiger partial charge in [0.25, 0.3) is 0 Å². The lowest BCUT2D eigenvalue weighted by atomic mass is 9.89. The van der Waals surface area contributed by atoms with E-state index in [4.69, 9.17) is 0 Å². The van der Waals surface area contributed by atoms with Gasteiger partial charge in [0.15, 0.2) is 0 Å². The van der Waals surface area contributed by atoms with Crippen LogP contribution in [0.5, 0.6) is 5.75 Å². The molecule has 0 saturated carbocycles. The molecule has 1 heterocycles. The van der Waals surface area contributed by atoms with Gasteiger partial charge in [0.05, 0.1) is 0 Å². The number of aliphatic hydroxyl groups is 1. The number of H-pyrrole nitrogens is 1. The molecule has 0 spiro atoms. The van der Waals surface area contributed by atoms with Gasteiger partial charge in [-0.05, 0) is 50.0 Å². The highest BCUT2D eigenvalue weighted by Crippen LogP contribution is 2.41. The van der Waals surface area contributed by atoms with Crippen molar-refractivity contribution in [3.8, 4) is 5.75 Å². The minimum Gasteiger partial charge on any atom is -0.507 e. The Labute approximate surface area is 160 Å². The predicted octanol–water partition coefficient (Wildman–Crippen LogP) is 5.85. The van der Waals surface area contributed by atoms with Crippen LogP contribution >= 0.6 is 0 Å². The van der Waals surface area contributed by atoms with Crippen LogP contribution in [0.4, 0.5) is 0 Å². The van der Waals surface area contributed by atoms with Crippen molar-refractivity contribution in [1.82, 2.24) is 4.98 Å². The molecule has 0 fully saturated rings. The lowest BCUT2D eigenvalue weighted by Gasteiger charge is -2.17. The van der Waals surface area contributed by atoms with E-state index in [0.717, 1.165) is 21.9 Å². The summed E-state index contributed by atoms with van der Waals surface area (Å²) < 4.78 is 0. The van der Waals surface area contributed by atoms with Crippen LogP contribution in [-0.4, -0.2) is 15.2 Å². The molecule has 1 unspecified atom stereocenters. The zero-order valence-electron chi connectivity index (χ0n) is 15.0. The van der Waals surface area contributed by atoms with E-state index in [9.17, 15) is 10.2 Å². The molecule has 0 aliphatic carbocycles. The number of fused-ring (bicyclic) bond motifs is 1. The maximum absolute atomic E-state index is 11.3. The second kappa shape index (κ2) is 5.47. The topological polar surface area (TPSA) is 56.2 Å². The summed E-state index contributed by atoms with van der Waals surface area (Å²) >= 11 is 0. The van der Waals surface area contributed by atoms with E-state index in [1.54, 1.807) is 18.3 Å². The minimum absolute atomic E-state index is 0.172. The number of aromatic amines is 1. The van der Waals surface area contributed by atoms with Crippen molar-refractivity contribution in [2.24, 2.45) is 0 Å². The van der Waals surface area contributed by atoms with Crippen LogP contribution in [0.3, 0.4) is 0 Å². The molecule has 0 aliphatic rings. The summed E-state index contributed by atoms with van der Waals surface area (Å²) in [7, 11) is 0. The number of nitrogens with one attached hydrogen (secondary N) is 1. The molecule has 0 radical (unpaired) electrons. The van der Waals surface area contributed by atoms with Gasteiger partial charge in [-0.15, -0.1) is 0 Å². The first-order valence-electron chi connectivity index (χ1n) is 9.36. The second-order valence-electron chi connectivity index (χ2n) is 7.36. The zero-order valence-corrected chi connectivity index (χ0v) is 15.0. The molecule has 0 amide bonds. The Balaban J connectivity index is 1.68. The second-order valence-corrected chi connectivity index (χ2v) is 7.36. The third-order valence-electron chi connectivity index (χ3n) is 5.87. The summed E-state index contributed by atoms with van der Waals surface area (Å²) in [6, 6.07) is 24.2. The van der Waals surface area contributed by atoms with Crippen molar-refractivity contribution in [1.29, 1.82) is 0 Å². The van der Waals surface area contributed by atoms with E-state index in [2.05, 4.69) is 53.5 Å². The van der Waals surface area contributed by atoms with Gasteiger partial charge in [0.2, 0.25) is 0 Å². The number of aliphatic hydroxyl groups excluding tert-OH is 1. The summed E-state index contributed by atoms with van der Waals surface area (Å²) in [6.45, 7) is 0. The van der Waals surface area contributed by atoms with Gasteiger partial charge < -0.3 is 15.2 Å². The average Bonchev–Trinajstić information content (AvgIpc) is 3.17. The number of aromatic hydroxyl groups is 1. The normalized spacial score (nSPS) is 13.2. The fourth-order valence-electron chi connectivity index (χ4n) is 4.57. The van der Waals surface area contributed by atoms with Crippen LogP contribution in [0.25, 0.3) is 43.2 Å². The van der Waals surface area contributed by atoms with E-state index in [0.29, 0.717) is 10.9 Å². The Morgan fingerprint density at radius 2 is 1.32 bits per heavy atom. The van der Waals surface area contributed by atoms with E-state index >= 15 is 0 Å². The van der Waals surface area contributed by atoms with Crippen molar-refractivity contribution in [3.63, 3.8) is 0 Å². The molecular formula is C25H17NO2. The first-order valence-corrected chi connectivity index (χ1v) is 9.36. The summed E-state index contributed by atoms with van der Waals surface area (Å²) in [5, 5.41) is 29.3. The molecule has 1 aromatic heterocycles. The van der Waals surface area contributed by atoms with Gasteiger partial charge in [-0.25, -0.2) is 0 Å². The van der Waals surface area contributed by atoms with Gasteiger partial charge in [-0.2, -0.15) is 0 Å². The summed E-state index contributed by atoms with van der Waals surface area (Å²) in [6.07, 6.45) is 0.944. The Hall–Kier alpha value is -3.56. The number of hydrogen-bond donors (Lipinski definition) is 3. The highest BCUT2D eigenvalue weighted by molar-refractivity contribution is 6.23. The van der Waals surface area contributed by atoms with Gasteiger partial charge in [0, 0.05) is 22.7 Å². The summed E-state index contributed by atoms with van der Waals surface area (Å²) in [5.74, 6) is 0.172. The number of phenolic OH excluding ortho intramolecular Hbond substituents is 1. The molecule has 3 nitrogen and oxygen atoms in total. The molecule has 0 aliphatic heterocycles. The van der Waals surface area contributed by atoms with Crippen molar-refractivity contribution >= 4 is 43.2 Å². The third kappa shape index (κ3) is 1.97. The van der Waals surface area contributed by atoms with E-state index < -0.39 is 6.10 Å². The summed E-state index contributed by atoms with van der Waals surface area (Å²) in [4.78, 5) is 3.16. The van der Waals surface area contributed by atoms with Gasteiger partial charge in [-0.3, -0.25) is 0 Å². The number of hydrogen-bond acceptors (Lipinski definition) is 2. The molecule has 6 aromatic rings. The molecule has 0 saturated heterocycles. The molecule has 3 heteroatoms. The molecular weight excluding hydrogens is 346 g/mol. The van der Waals surface area contributed by atoms with E-state index in [1.165, 1.54) is 21.5 Å². The average molecular weight is 363 g/mol. The van der Waals surface area contributed by atoms with Crippen LogP contribution in [0.2, 0.25) is 0 Å². The number of rotatable bonds is 2. The highest BCUT2D eigenvalue weighted by atomic mass is 16.3. The largest absolute Gasteiger partial charge is 0.507 e. The van der Waals surface area contributed by atoms with Gasteiger partial charge in [-0.1, -0.05) is 60.7 Å².